The van der Waals surface area contributed by atoms with Crippen LogP contribution in [0.3, 0.4) is 0 Å². The van der Waals surface area contributed by atoms with E-state index in [4.69, 9.17) is 0 Å². The van der Waals surface area contributed by atoms with Crippen LogP contribution in [0, 0.1) is 6.92 Å². The van der Waals surface area contributed by atoms with Gasteiger partial charge in [-0.2, -0.15) is 4.31 Å². The first kappa shape index (κ1) is 21.3. The lowest BCUT2D eigenvalue weighted by atomic mass is 9.98. The third-order valence-corrected chi connectivity index (χ3v) is 7.20. The normalized spacial score (nSPS) is 15.4. The Morgan fingerprint density at radius 3 is 2.21 bits per heavy atom. The van der Waals surface area contributed by atoms with Crippen molar-refractivity contribution in [3.63, 3.8) is 0 Å². The first-order valence-electron chi connectivity index (χ1n) is 9.95. The van der Waals surface area contributed by atoms with Gasteiger partial charge < -0.3 is 5.11 Å². The molecule has 0 aromatic heterocycles. The van der Waals surface area contributed by atoms with Crippen molar-refractivity contribution in [3.8, 4) is 0 Å². The summed E-state index contributed by atoms with van der Waals surface area (Å²) in [5.41, 5.74) is 2.89. The van der Waals surface area contributed by atoms with Crippen molar-refractivity contribution >= 4 is 27.5 Å². The fraction of sp³-hybridized carbons (Fsp3) is 0.409. The molecule has 0 saturated carbocycles. The minimum absolute atomic E-state index is 0.145. The molecule has 0 unspecified atom stereocenters. The van der Waals surface area contributed by atoms with Crippen LogP contribution in [0.2, 0.25) is 0 Å². The summed E-state index contributed by atoms with van der Waals surface area (Å²) in [6.07, 6.45) is 1.68. The van der Waals surface area contributed by atoms with Crippen LogP contribution in [0.15, 0.2) is 47.4 Å². The molecule has 0 radical (unpaired) electrons. The zero-order valence-electron chi connectivity index (χ0n) is 17.1. The number of carboxylic acid groups (broad SMARTS) is 1. The van der Waals surface area contributed by atoms with Crippen molar-refractivity contribution in [2.75, 3.05) is 18.0 Å². The monoisotopic (exact) mass is 416 g/mol. The van der Waals surface area contributed by atoms with Gasteiger partial charge in [0.2, 0.25) is 10.0 Å². The second-order valence-corrected chi connectivity index (χ2v) is 9.73. The molecule has 0 atom stereocenters. The van der Waals surface area contributed by atoms with Crippen LogP contribution in [0.1, 0.15) is 50.2 Å². The van der Waals surface area contributed by atoms with Crippen molar-refractivity contribution in [2.24, 2.45) is 0 Å². The molecule has 29 heavy (non-hydrogen) atoms. The molecule has 0 spiro atoms. The van der Waals surface area contributed by atoms with Gasteiger partial charge >= 0.3 is 6.09 Å². The molecular weight excluding hydrogens is 388 g/mol. The van der Waals surface area contributed by atoms with Gasteiger partial charge in [-0.15, -0.1) is 0 Å². The lowest BCUT2D eigenvalue weighted by Crippen LogP contribution is -2.35. The van der Waals surface area contributed by atoms with Gasteiger partial charge in [-0.1, -0.05) is 32.4 Å². The number of benzene rings is 2. The molecule has 1 heterocycles. The Kier molecular flexibility index (Phi) is 6.29. The molecule has 156 valence electrons. The average Bonchev–Trinajstić information content (AvgIpc) is 2.69. The standard InChI is InChI=1S/C22H28N2O4S/c1-16(2)20-12-7-17(3)15-21(20)24(22(25)26)18-8-10-19(11-9-18)29(27,28)23-13-5-4-6-14-23/h7-12,15-16H,4-6,13-14H2,1-3H3,(H,25,26). The van der Waals surface area contributed by atoms with Crippen LogP contribution in [0.4, 0.5) is 16.2 Å². The Morgan fingerprint density at radius 2 is 1.66 bits per heavy atom. The Balaban J connectivity index is 1.99. The Labute approximate surface area is 172 Å². The lowest BCUT2D eigenvalue weighted by molar-refractivity contribution is 0.204. The number of aryl methyl sites for hydroxylation is 1. The third kappa shape index (κ3) is 4.46. The highest BCUT2D eigenvalue weighted by molar-refractivity contribution is 7.89. The van der Waals surface area contributed by atoms with Gasteiger partial charge in [-0.3, -0.25) is 0 Å². The van der Waals surface area contributed by atoms with Crippen molar-refractivity contribution in [2.45, 2.75) is 50.8 Å². The van der Waals surface area contributed by atoms with E-state index < -0.39 is 16.1 Å². The molecule has 3 rings (SSSR count). The van der Waals surface area contributed by atoms with Gasteiger partial charge in [-0.25, -0.2) is 18.1 Å². The number of anilines is 2. The van der Waals surface area contributed by atoms with Gasteiger partial charge in [0.25, 0.3) is 0 Å². The van der Waals surface area contributed by atoms with E-state index in [9.17, 15) is 18.3 Å². The minimum Gasteiger partial charge on any atom is -0.464 e. The predicted octanol–water partition coefficient (Wildman–Crippen LogP) is 5.11. The number of rotatable bonds is 5. The van der Waals surface area contributed by atoms with E-state index in [-0.39, 0.29) is 10.8 Å². The van der Waals surface area contributed by atoms with Crippen molar-refractivity contribution in [1.29, 1.82) is 0 Å². The highest BCUT2D eigenvalue weighted by Gasteiger charge is 2.27. The van der Waals surface area contributed by atoms with Crippen molar-refractivity contribution in [3.05, 3.63) is 53.6 Å². The number of piperidine rings is 1. The summed E-state index contributed by atoms with van der Waals surface area (Å²) in [6, 6.07) is 11.9. The number of amides is 1. The molecule has 1 aliphatic heterocycles. The summed E-state index contributed by atoms with van der Waals surface area (Å²) < 4.78 is 27.2. The van der Waals surface area contributed by atoms with E-state index in [0.717, 1.165) is 30.4 Å². The average molecular weight is 417 g/mol. The van der Waals surface area contributed by atoms with Crippen LogP contribution in [-0.4, -0.2) is 37.0 Å². The van der Waals surface area contributed by atoms with Gasteiger partial charge in [0.15, 0.2) is 0 Å². The maximum atomic E-state index is 12.9. The highest BCUT2D eigenvalue weighted by atomic mass is 32.2. The smallest absolute Gasteiger partial charge is 0.416 e. The van der Waals surface area contributed by atoms with Gasteiger partial charge in [0.05, 0.1) is 16.3 Å². The third-order valence-electron chi connectivity index (χ3n) is 5.29. The molecule has 1 N–H and O–H groups in total. The zero-order valence-corrected chi connectivity index (χ0v) is 17.9. The fourth-order valence-electron chi connectivity index (χ4n) is 3.71. The summed E-state index contributed by atoms with van der Waals surface area (Å²) in [5.74, 6) is 0.145. The quantitative estimate of drug-likeness (QED) is 0.735. The molecular formula is C22H28N2O4S. The number of sulfonamides is 1. The van der Waals surface area contributed by atoms with E-state index >= 15 is 0 Å². The molecule has 0 bridgehead atoms. The number of hydrogen-bond donors (Lipinski definition) is 1. The number of nitrogens with zero attached hydrogens (tertiary/aromatic N) is 2. The van der Waals surface area contributed by atoms with Crippen molar-refractivity contribution in [1.82, 2.24) is 4.31 Å². The molecule has 1 amide bonds. The SMILES string of the molecule is Cc1ccc(C(C)C)c(N(C(=O)O)c2ccc(S(=O)(=O)N3CCCCC3)cc2)c1. The first-order chi connectivity index (χ1) is 13.7. The van der Waals surface area contributed by atoms with E-state index in [2.05, 4.69) is 0 Å². The molecule has 6 nitrogen and oxygen atoms in total. The summed E-state index contributed by atoms with van der Waals surface area (Å²) in [6.45, 7) is 7.02. The molecule has 7 heteroatoms. The molecule has 1 fully saturated rings. The Bertz CT molecular complexity index is 978. The predicted molar refractivity (Wildman–Crippen MR) is 114 cm³/mol. The Hall–Kier alpha value is -2.38. The first-order valence-corrected chi connectivity index (χ1v) is 11.4. The molecule has 1 aliphatic rings. The molecule has 2 aromatic carbocycles. The van der Waals surface area contributed by atoms with Gasteiger partial charge in [0, 0.05) is 13.1 Å². The fourth-order valence-corrected chi connectivity index (χ4v) is 5.23. The van der Waals surface area contributed by atoms with E-state index in [0.29, 0.717) is 24.5 Å². The summed E-state index contributed by atoms with van der Waals surface area (Å²) in [4.78, 5) is 13.5. The van der Waals surface area contributed by atoms with Crippen LogP contribution < -0.4 is 4.90 Å². The second kappa shape index (κ2) is 8.55. The Morgan fingerprint density at radius 1 is 1.03 bits per heavy atom. The van der Waals surface area contributed by atoms with E-state index in [1.54, 1.807) is 12.1 Å². The van der Waals surface area contributed by atoms with Gasteiger partial charge in [0.1, 0.15) is 0 Å². The summed E-state index contributed by atoms with van der Waals surface area (Å²) in [7, 11) is -3.55. The maximum Gasteiger partial charge on any atom is 0.416 e. The maximum absolute atomic E-state index is 12.9. The number of hydrogen-bond acceptors (Lipinski definition) is 3. The van der Waals surface area contributed by atoms with E-state index in [1.165, 1.54) is 21.3 Å². The van der Waals surface area contributed by atoms with Gasteiger partial charge in [-0.05, 0) is 67.1 Å². The van der Waals surface area contributed by atoms with E-state index in [1.807, 2.05) is 39.0 Å². The summed E-state index contributed by atoms with van der Waals surface area (Å²) in [5, 5.41) is 9.91. The largest absolute Gasteiger partial charge is 0.464 e. The second-order valence-electron chi connectivity index (χ2n) is 7.79. The zero-order chi connectivity index (χ0) is 21.2. The highest BCUT2D eigenvalue weighted by Crippen LogP contribution is 2.34. The molecule has 0 aliphatic carbocycles. The lowest BCUT2D eigenvalue weighted by Gasteiger charge is -2.27. The number of carbonyl (C=O) groups is 1. The molecule has 1 saturated heterocycles. The van der Waals surface area contributed by atoms with Crippen molar-refractivity contribution < 1.29 is 18.3 Å². The minimum atomic E-state index is -3.55. The molecule has 2 aromatic rings. The van der Waals surface area contributed by atoms with Crippen LogP contribution in [-0.2, 0) is 10.0 Å². The topological polar surface area (TPSA) is 77.9 Å². The van der Waals surface area contributed by atoms with Crippen LogP contribution >= 0.6 is 0 Å². The van der Waals surface area contributed by atoms with Crippen LogP contribution in [0.25, 0.3) is 0 Å². The van der Waals surface area contributed by atoms with Crippen LogP contribution in [0.5, 0.6) is 0 Å². The summed E-state index contributed by atoms with van der Waals surface area (Å²) >= 11 is 0.